The average Bonchev–Trinajstić information content (AvgIpc) is 2.48. The van der Waals surface area contributed by atoms with Gasteiger partial charge in [0, 0.05) is 11.1 Å². The molecule has 112 valence electrons. The Kier molecular flexibility index (Phi) is 5.62. The van der Waals surface area contributed by atoms with Crippen LogP contribution in [0.15, 0.2) is 17.3 Å². The molecular weight excluding hydrogens is 290 g/mol. The number of carbonyl (C=O) groups excluding carboxylic acids is 1. The van der Waals surface area contributed by atoms with E-state index in [1.165, 1.54) is 19.4 Å². The maximum Gasteiger partial charge on any atom is 0.252 e. The topological polar surface area (TPSA) is 76.7 Å². The summed E-state index contributed by atoms with van der Waals surface area (Å²) in [5, 5.41) is 6.68. The molecule has 21 heavy (non-hydrogen) atoms. The van der Waals surface area contributed by atoms with Crippen LogP contribution in [0.5, 0.6) is 0 Å². The molecule has 0 bridgehead atoms. The minimum atomic E-state index is -0.717. The zero-order valence-electron chi connectivity index (χ0n) is 12.2. The molecule has 0 aliphatic rings. The standard InChI is InChI=1S/C15H18ClN3O2/c1-5-15(3,6-2)19-14(20)10-7-11(9-18-21-4)13(17)12(16)8-10/h1,7-9H,6,17H2,2-4H3,(H,19,20). The Morgan fingerprint density at radius 3 is 2.86 bits per heavy atom. The summed E-state index contributed by atoms with van der Waals surface area (Å²) < 4.78 is 0. The van der Waals surface area contributed by atoms with Crippen LogP contribution in [0, 0.1) is 12.3 Å². The lowest BCUT2D eigenvalue weighted by Gasteiger charge is -2.23. The van der Waals surface area contributed by atoms with E-state index in [4.69, 9.17) is 23.8 Å². The Labute approximate surface area is 129 Å². The van der Waals surface area contributed by atoms with E-state index in [9.17, 15) is 4.79 Å². The molecule has 5 nitrogen and oxygen atoms in total. The van der Waals surface area contributed by atoms with Crippen molar-refractivity contribution in [2.45, 2.75) is 25.8 Å². The first-order valence-electron chi connectivity index (χ1n) is 6.32. The van der Waals surface area contributed by atoms with Gasteiger partial charge in [-0.3, -0.25) is 4.79 Å². The van der Waals surface area contributed by atoms with Crippen molar-refractivity contribution in [2.75, 3.05) is 12.8 Å². The van der Waals surface area contributed by atoms with Gasteiger partial charge in [-0.2, -0.15) is 0 Å². The number of nitrogen functional groups attached to an aromatic ring is 1. The molecule has 0 aromatic heterocycles. The highest BCUT2D eigenvalue weighted by Gasteiger charge is 2.22. The highest BCUT2D eigenvalue weighted by molar-refractivity contribution is 6.34. The van der Waals surface area contributed by atoms with E-state index < -0.39 is 5.54 Å². The van der Waals surface area contributed by atoms with Crippen LogP contribution in [0.4, 0.5) is 5.69 Å². The van der Waals surface area contributed by atoms with Crippen LogP contribution in [0.1, 0.15) is 36.2 Å². The predicted molar refractivity (Wildman–Crippen MR) is 85.5 cm³/mol. The molecule has 1 amide bonds. The van der Waals surface area contributed by atoms with Crippen LogP contribution in [-0.4, -0.2) is 24.8 Å². The van der Waals surface area contributed by atoms with Gasteiger partial charge in [-0.25, -0.2) is 0 Å². The molecule has 1 unspecified atom stereocenters. The molecule has 0 saturated carbocycles. The van der Waals surface area contributed by atoms with Crippen LogP contribution >= 0.6 is 11.6 Å². The SMILES string of the molecule is C#CC(C)(CC)NC(=O)c1cc(Cl)c(N)c(C=NOC)c1. The molecule has 1 rings (SSSR count). The van der Waals surface area contributed by atoms with E-state index in [1.807, 2.05) is 6.92 Å². The van der Waals surface area contributed by atoms with Crippen LogP contribution in [-0.2, 0) is 4.84 Å². The number of anilines is 1. The number of rotatable bonds is 5. The van der Waals surface area contributed by atoms with Gasteiger partial charge in [-0.1, -0.05) is 29.6 Å². The molecule has 1 atom stereocenters. The largest absolute Gasteiger partial charge is 0.399 e. The molecule has 0 fully saturated rings. The summed E-state index contributed by atoms with van der Waals surface area (Å²) in [5.41, 5.74) is 6.28. The third kappa shape index (κ3) is 4.14. The number of terminal acetylenes is 1. The lowest BCUT2D eigenvalue weighted by atomic mass is 9.99. The Balaban J connectivity index is 3.14. The second kappa shape index (κ2) is 7.00. The Morgan fingerprint density at radius 2 is 2.33 bits per heavy atom. The summed E-state index contributed by atoms with van der Waals surface area (Å²) in [6.45, 7) is 3.67. The van der Waals surface area contributed by atoms with Gasteiger partial charge >= 0.3 is 0 Å². The normalized spacial score (nSPS) is 13.5. The van der Waals surface area contributed by atoms with Crippen molar-refractivity contribution in [3.8, 4) is 12.3 Å². The number of carbonyl (C=O) groups is 1. The molecule has 3 N–H and O–H groups in total. The fourth-order valence-corrected chi connectivity index (χ4v) is 1.76. The van der Waals surface area contributed by atoms with Gasteiger partial charge < -0.3 is 15.9 Å². The average molecular weight is 308 g/mol. The first-order valence-corrected chi connectivity index (χ1v) is 6.70. The van der Waals surface area contributed by atoms with Crippen molar-refractivity contribution in [2.24, 2.45) is 5.16 Å². The molecule has 0 heterocycles. The van der Waals surface area contributed by atoms with E-state index in [-0.39, 0.29) is 10.9 Å². The smallest absolute Gasteiger partial charge is 0.252 e. The predicted octanol–water partition coefficient (Wildman–Crippen LogP) is 2.43. The zero-order valence-corrected chi connectivity index (χ0v) is 13.0. The van der Waals surface area contributed by atoms with Gasteiger partial charge in [0.05, 0.1) is 22.5 Å². The first kappa shape index (κ1) is 16.9. The van der Waals surface area contributed by atoms with Gasteiger partial charge in [0.1, 0.15) is 7.11 Å². The van der Waals surface area contributed by atoms with E-state index >= 15 is 0 Å². The molecule has 0 radical (unpaired) electrons. The van der Waals surface area contributed by atoms with Crippen LogP contribution in [0.3, 0.4) is 0 Å². The van der Waals surface area contributed by atoms with Crippen LogP contribution < -0.4 is 11.1 Å². The maximum atomic E-state index is 12.3. The number of hydrogen-bond acceptors (Lipinski definition) is 4. The van der Waals surface area contributed by atoms with Gasteiger partial charge in [-0.15, -0.1) is 6.42 Å². The van der Waals surface area contributed by atoms with Crippen molar-refractivity contribution in [1.29, 1.82) is 0 Å². The van der Waals surface area contributed by atoms with Crippen LogP contribution in [0.25, 0.3) is 0 Å². The molecule has 1 aromatic carbocycles. The quantitative estimate of drug-likeness (QED) is 0.379. The molecule has 0 spiro atoms. The van der Waals surface area contributed by atoms with Gasteiger partial charge in [0.2, 0.25) is 0 Å². The molecule has 0 aliphatic carbocycles. The summed E-state index contributed by atoms with van der Waals surface area (Å²) >= 11 is 6.03. The highest BCUT2D eigenvalue weighted by Crippen LogP contribution is 2.24. The number of oxime groups is 1. The fraction of sp³-hybridized carbons (Fsp3) is 0.333. The van der Waals surface area contributed by atoms with Crippen LogP contribution in [0.2, 0.25) is 5.02 Å². The number of nitrogens with one attached hydrogen (secondary N) is 1. The molecular formula is C15H18ClN3O2. The molecule has 1 aromatic rings. The summed E-state index contributed by atoms with van der Waals surface area (Å²) in [4.78, 5) is 16.9. The second-order valence-corrected chi connectivity index (χ2v) is 5.07. The van der Waals surface area contributed by atoms with Crippen molar-refractivity contribution in [3.63, 3.8) is 0 Å². The van der Waals surface area contributed by atoms with Crippen molar-refractivity contribution in [1.82, 2.24) is 5.32 Å². The second-order valence-electron chi connectivity index (χ2n) is 4.66. The number of nitrogens with zero attached hydrogens (tertiary/aromatic N) is 1. The fourth-order valence-electron chi connectivity index (χ4n) is 1.54. The molecule has 6 heteroatoms. The number of halogens is 1. The molecule has 0 saturated heterocycles. The minimum Gasteiger partial charge on any atom is -0.399 e. The van der Waals surface area contributed by atoms with Gasteiger partial charge in [0.15, 0.2) is 0 Å². The number of hydrogen-bond donors (Lipinski definition) is 2. The van der Waals surface area contributed by atoms with Gasteiger partial charge in [-0.05, 0) is 25.5 Å². The lowest BCUT2D eigenvalue weighted by Crippen LogP contribution is -2.44. The monoisotopic (exact) mass is 307 g/mol. The summed E-state index contributed by atoms with van der Waals surface area (Å²) in [6, 6.07) is 3.06. The Hall–Kier alpha value is -2.19. The number of benzene rings is 1. The van der Waals surface area contributed by atoms with Crippen molar-refractivity contribution >= 4 is 29.4 Å². The maximum absolute atomic E-state index is 12.3. The third-order valence-electron chi connectivity index (χ3n) is 3.14. The Bertz CT molecular complexity index is 608. The van der Waals surface area contributed by atoms with E-state index in [0.717, 1.165) is 0 Å². The highest BCUT2D eigenvalue weighted by atomic mass is 35.5. The van der Waals surface area contributed by atoms with E-state index in [2.05, 4.69) is 21.2 Å². The van der Waals surface area contributed by atoms with Crippen molar-refractivity contribution < 1.29 is 9.63 Å². The zero-order chi connectivity index (χ0) is 16.0. The van der Waals surface area contributed by atoms with Crippen molar-refractivity contribution in [3.05, 3.63) is 28.3 Å². The Morgan fingerprint density at radius 1 is 1.67 bits per heavy atom. The summed E-state index contributed by atoms with van der Waals surface area (Å²) in [7, 11) is 1.41. The van der Waals surface area contributed by atoms with E-state index in [0.29, 0.717) is 23.2 Å². The van der Waals surface area contributed by atoms with E-state index in [1.54, 1.807) is 13.0 Å². The number of nitrogens with two attached hydrogens (primary N) is 1. The first-order chi connectivity index (χ1) is 9.86. The molecule has 0 aliphatic heterocycles. The minimum absolute atomic E-state index is 0.263. The number of amides is 1. The summed E-state index contributed by atoms with van der Waals surface area (Å²) in [5.74, 6) is 2.24. The third-order valence-corrected chi connectivity index (χ3v) is 3.45. The lowest BCUT2D eigenvalue weighted by molar-refractivity contribution is 0.0923. The van der Waals surface area contributed by atoms with Gasteiger partial charge in [0.25, 0.3) is 5.91 Å². The summed E-state index contributed by atoms with van der Waals surface area (Å²) in [6.07, 6.45) is 7.44.